The monoisotopic (exact) mass is 351 g/mol. The number of hydrogen-bond acceptors (Lipinski definition) is 4. The van der Waals surface area contributed by atoms with Crippen LogP contribution in [0.5, 0.6) is 0 Å². The first-order valence-electron chi connectivity index (χ1n) is 7.50. The van der Waals surface area contributed by atoms with Crippen molar-refractivity contribution in [2.75, 3.05) is 23.0 Å². The fourth-order valence-corrected chi connectivity index (χ4v) is 4.20. The number of nitrogens with zero attached hydrogens (tertiary/aromatic N) is 2. The molecule has 1 aromatic rings. The van der Waals surface area contributed by atoms with Crippen molar-refractivity contribution in [3.63, 3.8) is 0 Å². The van der Waals surface area contributed by atoms with Crippen LogP contribution >= 0.6 is 11.8 Å². The molecule has 2 fully saturated rings. The maximum atomic E-state index is 13.9. The van der Waals surface area contributed by atoms with Gasteiger partial charge in [-0.3, -0.25) is 9.59 Å². The van der Waals surface area contributed by atoms with Crippen molar-refractivity contribution in [1.29, 1.82) is 5.26 Å². The van der Waals surface area contributed by atoms with E-state index >= 15 is 0 Å². The number of halogens is 2. The second-order valence-electron chi connectivity index (χ2n) is 5.99. The van der Waals surface area contributed by atoms with Gasteiger partial charge in [0.25, 0.3) is 0 Å². The summed E-state index contributed by atoms with van der Waals surface area (Å²) in [6.45, 7) is 0.0157. The molecule has 1 N–H and O–H groups in total. The van der Waals surface area contributed by atoms with E-state index < -0.39 is 29.0 Å². The molecular weight excluding hydrogens is 336 g/mol. The Balaban J connectivity index is 1.72. The highest BCUT2D eigenvalue weighted by molar-refractivity contribution is 7.99. The van der Waals surface area contributed by atoms with E-state index in [4.69, 9.17) is 0 Å². The van der Waals surface area contributed by atoms with Crippen LogP contribution in [0.1, 0.15) is 12.8 Å². The fourth-order valence-electron chi connectivity index (χ4n) is 2.93. The van der Waals surface area contributed by atoms with Crippen LogP contribution in [0.25, 0.3) is 0 Å². The molecule has 5 nitrogen and oxygen atoms in total. The Hall–Kier alpha value is -2.14. The van der Waals surface area contributed by atoms with Gasteiger partial charge in [-0.05, 0) is 24.3 Å². The smallest absolute Gasteiger partial charge is 0.227 e. The molecule has 0 aliphatic carbocycles. The van der Waals surface area contributed by atoms with Crippen LogP contribution in [0.15, 0.2) is 18.2 Å². The van der Waals surface area contributed by atoms with E-state index in [9.17, 15) is 23.6 Å². The highest BCUT2D eigenvalue weighted by atomic mass is 32.2. The van der Waals surface area contributed by atoms with Crippen LogP contribution in [0.3, 0.4) is 0 Å². The first-order valence-corrected chi connectivity index (χ1v) is 8.66. The number of thioether (sulfide) groups is 1. The van der Waals surface area contributed by atoms with Gasteiger partial charge in [-0.1, -0.05) is 0 Å². The third-order valence-electron chi connectivity index (χ3n) is 4.29. The number of anilines is 1. The van der Waals surface area contributed by atoms with Crippen LogP contribution in [-0.4, -0.2) is 35.4 Å². The molecule has 126 valence electrons. The number of benzene rings is 1. The lowest BCUT2D eigenvalue weighted by molar-refractivity contribution is -0.127. The van der Waals surface area contributed by atoms with Gasteiger partial charge < -0.3 is 10.2 Å². The van der Waals surface area contributed by atoms with Crippen molar-refractivity contribution < 1.29 is 18.4 Å². The molecule has 0 radical (unpaired) electrons. The summed E-state index contributed by atoms with van der Waals surface area (Å²) < 4.78 is 26.9. The van der Waals surface area contributed by atoms with Gasteiger partial charge in [0.15, 0.2) is 0 Å². The quantitative estimate of drug-likeness (QED) is 0.902. The average molecular weight is 351 g/mol. The maximum Gasteiger partial charge on any atom is 0.227 e. The lowest BCUT2D eigenvalue weighted by Gasteiger charge is -2.23. The minimum absolute atomic E-state index is 0.0157. The van der Waals surface area contributed by atoms with Crippen LogP contribution in [0.2, 0.25) is 0 Å². The van der Waals surface area contributed by atoms with E-state index in [1.165, 1.54) is 6.07 Å². The van der Waals surface area contributed by atoms with Crippen molar-refractivity contribution in [3.05, 3.63) is 29.8 Å². The SMILES string of the molecule is N#CC1(NC(=O)C2CC(=O)N(c3ccc(F)cc3F)C2)CCSC1. The first-order chi connectivity index (χ1) is 11.4. The molecule has 2 aliphatic heterocycles. The Kier molecular flexibility index (Phi) is 4.45. The van der Waals surface area contributed by atoms with Gasteiger partial charge in [0.1, 0.15) is 17.2 Å². The first kappa shape index (κ1) is 16.7. The number of nitriles is 1. The molecule has 0 aromatic heterocycles. The minimum Gasteiger partial charge on any atom is -0.337 e. The largest absolute Gasteiger partial charge is 0.337 e. The third-order valence-corrected chi connectivity index (χ3v) is 5.48. The number of hydrogen-bond donors (Lipinski definition) is 1. The molecule has 0 saturated carbocycles. The van der Waals surface area contributed by atoms with Crippen LogP contribution in [0, 0.1) is 28.9 Å². The Bertz CT molecular complexity index is 729. The van der Waals surface area contributed by atoms with Crippen LogP contribution in [-0.2, 0) is 9.59 Å². The van der Waals surface area contributed by atoms with Crippen LogP contribution < -0.4 is 10.2 Å². The van der Waals surface area contributed by atoms with Gasteiger partial charge in [-0.15, -0.1) is 0 Å². The van der Waals surface area contributed by atoms with E-state index in [0.29, 0.717) is 18.2 Å². The number of carbonyl (C=O) groups excluding carboxylic acids is 2. The van der Waals surface area contributed by atoms with Crippen molar-refractivity contribution in [3.8, 4) is 6.07 Å². The summed E-state index contributed by atoms with van der Waals surface area (Å²) in [5.41, 5.74) is -0.928. The number of nitrogens with one attached hydrogen (secondary N) is 1. The molecule has 3 rings (SSSR count). The molecule has 2 unspecified atom stereocenters. The lowest BCUT2D eigenvalue weighted by atomic mass is 9.99. The van der Waals surface area contributed by atoms with E-state index in [-0.39, 0.29) is 24.6 Å². The van der Waals surface area contributed by atoms with Gasteiger partial charge in [0.05, 0.1) is 17.7 Å². The van der Waals surface area contributed by atoms with Gasteiger partial charge in [-0.2, -0.15) is 17.0 Å². The molecule has 2 heterocycles. The van der Waals surface area contributed by atoms with E-state index in [1.54, 1.807) is 11.8 Å². The van der Waals surface area contributed by atoms with E-state index in [0.717, 1.165) is 16.7 Å². The molecule has 2 amide bonds. The molecule has 2 aliphatic rings. The molecule has 2 saturated heterocycles. The van der Waals surface area contributed by atoms with Crippen molar-refractivity contribution in [2.24, 2.45) is 5.92 Å². The van der Waals surface area contributed by atoms with E-state index in [2.05, 4.69) is 11.4 Å². The van der Waals surface area contributed by atoms with Crippen LogP contribution in [0.4, 0.5) is 14.5 Å². The van der Waals surface area contributed by atoms with Crippen molar-refractivity contribution in [1.82, 2.24) is 5.32 Å². The third kappa shape index (κ3) is 3.08. The number of rotatable bonds is 3. The summed E-state index contributed by atoms with van der Waals surface area (Å²) >= 11 is 1.59. The Morgan fingerprint density at radius 3 is 2.88 bits per heavy atom. The molecule has 8 heteroatoms. The highest BCUT2D eigenvalue weighted by Crippen LogP contribution is 2.31. The predicted octanol–water partition coefficient (Wildman–Crippen LogP) is 1.83. The zero-order chi connectivity index (χ0) is 17.3. The Morgan fingerprint density at radius 1 is 1.46 bits per heavy atom. The standard InChI is InChI=1S/C16H15F2N3O2S/c17-11-1-2-13(12(18)6-11)21-7-10(5-14(21)22)15(23)20-16(8-19)3-4-24-9-16/h1-2,6,10H,3-5,7,9H2,(H,20,23). The van der Waals surface area contributed by atoms with Crippen molar-refractivity contribution >= 4 is 29.3 Å². The molecule has 2 atom stereocenters. The van der Waals surface area contributed by atoms with Gasteiger partial charge in [-0.25, -0.2) is 8.78 Å². The zero-order valence-corrected chi connectivity index (χ0v) is 13.5. The molecule has 1 aromatic carbocycles. The topological polar surface area (TPSA) is 73.2 Å². The second-order valence-corrected chi connectivity index (χ2v) is 7.09. The highest BCUT2D eigenvalue weighted by Gasteiger charge is 2.41. The van der Waals surface area contributed by atoms with Gasteiger partial charge in [0, 0.05) is 24.8 Å². The molecule has 0 bridgehead atoms. The van der Waals surface area contributed by atoms with Gasteiger partial charge in [0.2, 0.25) is 11.8 Å². The molecule has 0 spiro atoms. The average Bonchev–Trinajstić information content (AvgIpc) is 3.15. The summed E-state index contributed by atoms with van der Waals surface area (Å²) in [5, 5.41) is 12.1. The normalized spacial score (nSPS) is 26.5. The maximum absolute atomic E-state index is 13.9. The predicted molar refractivity (Wildman–Crippen MR) is 85.2 cm³/mol. The summed E-state index contributed by atoms with van der Waals surface area (Å²) in [6.07, 6.45) is 0.508. The minimum atomic E-state index is -0.890. The lowest BCUT2D eigenvalue weighted by Crippen LogP contribution is -2.50. The summed E-state index contributed by atoms with van der Waals surface area (Å²) in [4.78, 5) is 25.7. The molecular formula is C16H15F2N3O2S. The number of amides is 2. The van der Waals surface area contributed by atoms with Gasteiger partial charge >= 0.3 is 0 Å². The Morgan fingerprint density at radius 2 is 2.25 bits per heavy atom. The summed E-state index contributed by atoms with van der Waals surface area (Å²) in [7, 11) is 0. The van der Waals surface area contributed by atoms with E-state index in [1.807, 2.05) is 0 Å². The fraction of sp³-hybridized carbons (Fsp3) is 0.438. The second kappa shape index (κ2) is 6.40. The summed E-state index contributed by atoms with van der Waals surface area (Å²) in [6, 6.07) is 5.11. The number of carbonyl (C=O) groups is 2. The zero-order valence-electron chi connectivity index (χ0n) is 12.7. The molecule has 24 heavy (non-hydrogen) atoms. The Labute approximate surface area is 142 Å². The summed E-state index contributed by atoms with van der Waals surface area (Å²) in [5.74, 6) is -1.68. The van der Waals surface area contributed by atoms with Crippen molar-refractivity contribution in [2.45, 2.75) is 18.4 Å².